The van der Waals surface area contributed by atoms with Gasteiger partial charge in [0.2, 0.25) is 0 Å². The molecule has 3 aromatic rings. The number of carbonyl (C=O) groups is 1. The van der Waals surface area contributed by atoms with E-state index in [4.69, 9.17) is 14.3 Å². The van der Waals surface area contributed by atoms with Gasteiger partial charge in [-0.3, -0.25) is 4.79 Å². The van der Waals surface area contributed by atoms with E-state index in [1.54, 1.807) is 6.07 Å². The summed E-state index contributed by atoms with van der Waals surface area (Å²) in [4.78, 5) is 10.9. The fourth-order valence-electron chi connectivity index (χ4n) is 4.24. The minimum Gasteiger partial charge on any atom is -0.488 e. The van der Waals surface area contributed by atoms with Crippen LogP contribution in [0, 0.1) is 0 Å². The van der Waals surface area contributed by atoms with Crippen LogP contribution in [-0.2, 0) is 37.1 Å². The summed E-state index contributed by atoms with van der Waals surface area (Å²) in [6.45, 7) is 1.92. The van der Waals surface area contributed by atoms with Gasteiger partial charge in [0.05, 0.1) is 0 Å². The van der Waals surface area contributed by atoms with Crippen LogP contribution in [0.4, 0.5) is 13.2 Å². The topological polar surface area (TPSA) is 68.9 Å². The molecule has 0 bridgehead atoms. The van der Waals surface area contributed by atoms with Gasteiger partial charge in [-0.2, -0.15) is 0 Å². The van der Waals surface area contributed by atoms with E-state index in [2.05, 4.69) is 4.74 Å². The van der Waals surface area contributed by atoms with E-state index in [-0.39, 0.29) is 18.8 Å². The average Bonchev–Trinajstić information content (AvgIpc) is 3.36. The minimum absolute atomic E-state index is 0.0170. The molecular weight excluding hydrogens is 425 g/mol. The van der Waals surface area contributed by atoms with E-state index < -0.39 is 12.3 Å². The van der Waals surface area contributed by atoms with Crippen molar-refractivity contribution in [3.63, 3.8) is 0 Å². The highest BCUT2D eigenvalue weighted by Gasteiger charge is 2.31. The third-order valence-electron chi connectivity index (χ3n) is 5.63. The Balaban J connectivity index is 1.62. The molecule has 1 aromatic heterocycles. The number of carboxylic acid groups (broad SMARTS) is 1. The Bertz CT molecular complexity index is 1150. The lowest BCUT2D eigenvalue weighted by atomic mass is 9.99. The molecule has 1 aliphatic rings. The van der Waals surface area contributed by atoms with E-state index >= 15 is 0 Å². The minimum atomic E-state index is -4.80. The van der Waals surface area contributed by atoms with Crippen molar-refractivity contribution in [1.82, 2.24) is 0 Å². The molecule has 0 saturated carbocycles. The van der Waals surface area contributed by atoms with Gasteiger partial charge in [0, 0.05) is 23.8 Å². The second-order valence-corrected chi connectivity index (χ2v) is 7.83. The monoisotopic (exact) mass is 448 g/mol. The van der Waals surface area contributed by atoms with Gasteiger partial charge in [0.25, 0.3) is 0 Å². The molecule has 0 spiro atoms. The first-order chi connectivity index (χ1) is 15.2. The Morgan fingerprint density at radius 1 is 1.12 bits per heavy atom. The van der Waals surface area contributed by atoms with E-state index in [0.717, 1.165) is 36.0 Å². The molecule has 1 aliphatic carbocycles. The standard InChI is InChI=1S/C24H23F3O5/c1-2-17-10-15-11-18(32-24(25,26)27)12-16(23(15)31-17)13-30-21-8-6-14(7-9-22(28)29)19-4-3-5-20(19)21/h6,8,10-12H,2-5,7,9,13H2,1H3,(H,28,29). The van der Waals surface area contributed by atoms with Gasteiger partial charge in [0.15, 0.2) is 0 Å². The Morgan fingerprint density at radius 2 is 1.91 bits per heavy atom. The smallest absolute Gasteiger partial charge is 0.488 e. The Hall–Kier alpha value is -3.16. The van der Waals surface area contributed by atoms with Crippen LogP contribution in [0.1, 0.15) is 47.8 Å². The van der Waals surface area contributed by atoms with E-state index in [1.165, 1.54) is 12.1 Å². The Kier molecular flexibility index (Phi) is 6.04. The maximum absolute atomic E-state index is 12.8. The number of carboxylic acids is 1. The maximum Gasteiger partial charge on any atom is 0.573 e. The fraction of sp³-hybridized carbons (Fsp3) is 0.375. The normalized spacial score (nSPS) is 13.4. The summed E-state index contributed by atoms with van der Waals surface area (Å²) in [5, 5.41) is 9.50. The second-order valence-electron chi connectivity index (χ2n) is 7.83. The summed E-state index contributed by atoms with van der Waals surface area (Å²) < 4.78 is 54.3. The SMILES string of the molecule is CCc1cc2cc(OC(F)(F)F)cc(COc3ccc(CCC(=O)O)c4c3CCC4)c2o1. The Morgan fingerprint density at radius 3 is 2.62 bits per heavy atom. The predicted octanol–water partition coefficient (Wildman–Crippen LogP) is 5.98. The highest BCUT2D eigenvalue weighted by molar-refractivity contribution is 5.83. The van der Waals surface area contributed by atoms with Crippen molar-refractivity contribution in [1.29, 1.82) is 0 Å². The van der Waals surface area contributed by atoms with Crippen LogP contribution in [0.3, 0.4) is 0 Å². The van der Waals surface area contributed by atoms with Crippen LogP contribution in [0.15, 0.2) is 34.7 Å². The fourth-order valence-corrected chi connectivity index (χ4v) is 4.24. The molecule has 170 valence electrons. The third kappa shape index (κ3) is 4.84. The number of alkyl halides is 3. The van der Waals surface area contributed by atoms with Crippen LogP contribution in [0.25, 0.3) is 11.0 Å². The predicted molar refractivity (Wildman–Crippen MR) is 111 cm³/mol. The number of rotatable bonds is 8. The quantitative estimate of drug-likeness (QED) is 0.459. The number of aliphatic carboxylic acids is 1. The van der Waals surface area contributed by atoms with Crippen molar-refractivity contribution in [3.05, 3.63) is 58.3 Å². The zero-order chi connectivity index (χ0) is 22.9. The molecule has 0 fully saturated rings. The van der Waals surface area contributed by atoms with E-state index in [9.17, 15) is 18.0 Å². The van der Waals surface area contributed by atoms with Gasteiger partial charge < -0.3 is 19.0 Å². The van der Waals surface area contributed by atoms with Crippen LogP contribution in [0.2, 0.25) is 0 Å². The van der Waals surface area contributed by atoms with Crippen LogP contribution < -0.4 is 9.47 Å². The Labute approximate surface area is 182 Å². The summed E-state index contributed by atoms with van der Waals surface area (Å²) in [7, 11) is 0. The van der Waals surface area contributed by atoms with Crippen molar-refractivity contribution >= 4 is 16.9 Å². The highest BCUT2D eigenvalue weighted by atomic mass is 19.4. The number of benzene rings is 2. The molecule has 2 aromatic carbocycles. The molecule has 1 N–H and O–H groups in total. The van der Waals surface area contributed by atoms with Gasteiger partial charge >= 0.3 is 12.3 Å². The molecule has 0 radical (unpaired) electrons. The number of hydrogen-bond donors (Lipinski definition) is 1. The van der Waals surface area contributed by atoms with Gasteiger partial charge in [-0.1, -0.05) is 13.0 Å². The number of halogens is 3. The molecule has 0 aliphatic heterocycles. The molecule has 5 nitrogen and oxygen atoms in total. The molecule has 32 heavy (non-hydrogen) atoms. The van der Waals surface area contributed by atoms with Crippen molar-refractivity contribution < 1.29 is 37.0 Å². The summed E-state index contributed by atoms with van der Waals surface area (Å²) in [5.41, 5.74) is 4.11. The van der Waals surface area contributed by atoms with Crippen LogP contribution in [0.5, 0.6) is 11.5 Å². The molecule has 1 heterocycles. The molecule has 0 saturated heterocycles. The molecule has 0 unspecified atom stereocenters. The van der Waals surface area contributed by atoms with Gasteiger partial charge in [-0.05, 0) is 66.6 Å². The van der Waals surface area contributed by atoms with Crippen molar-refractivity contribution in [2.75, 3.05) is 0 Å². The highest BCUT2D eigenvalue weighted by Crippen LogP contribution is 2.36. The first-order valence-corrected chi connectivity index (χ1v) is 10.5. The molecule has 0 amide bonds. The number of ether oxygens (including phenoxy) is 2. The number of furan rings is 1. The van der Waals surface area contributed by atoms with E-state index in [1.807, 2.05) is 19.1 Å². The summed E-state index contributed by atoms with van der Waals surface area (Å²) >= 11 is 0. The third-order valence-corrected chi connectivity index (χ3v) is 5.63. The number of aryl methyl sites for hydroxylation is 2. The number of fused-ring (bicyclic) bond motifs is 2. The molecular formula is C24H23F3O5. The van der Waals surface area contributed by atoms with Crippen LogP contribution >= 0.6 is 0 Å². The van der Waals surface area contributed by atoms with Crippen molar-refractivity contribution in [2.24, 2.45) is 0 Å². The molecule has 4 rings (SSSR count). The number of hydrogen-bond acceptors (Lipinski definition) is 4. The zero-order valence-electron chi connectivity index (χ0n) is 17.6. The molecule has 8 heteroatoms. The summed E-state index contributed by atoms with van der Waals surface area (Å²) in [5.74, 6) is 0.163. The summed E-state index contributed by atoms with van der Waals surface area (Å²) in [6, 6.07) is 8.00. The summed E-state index contributed by atoms with van der Waals surface area (Å²) in [6.07, 6.45) is -1.04. The lowest BCUT2D eigenvalue weighted by Gasteiger charge is -2.15. The zero-order valence-corrected chi connectivity index (χ0v) is 17.6. The first kappa shape index (κ1) is 22.0. The lowest BCUT2D eigenvalue weighted by Crippen LogP contribution is -2.17. The van der Waals surface area contributed by atoms with Gasteiger partial charge in [-0.25, -0.2) is 0 Å². The first-order valence-electron chi connectivity index (χ1n) is 10.5. The maximum atomic E-state index is 12.8. The van der Waals surface area contributed by atoms with Gasteiger partial charge in [0.1, 0.15) is 29.4 Å². The van der Waals surface area contributed by atoms with Crippen molar-refractivity contribution in [2.45, 2.75) is 58.4 Å². The van der Waals surface area contributed by atoms with Crippen molar-refractivity contribution in [3.8, 4) is 11.5 Å². The van der Waals surface area contributed by atoms with E-state index in [0.29, 0.717) is 40.9 Å². The second kappa shape index (κ2) is 8.76. The lowest BCUT2D eigenvalue weighted by molar-refractivity contribution is -0.274. The average molecular weight is 448 g/mol. The van der Waals surface area contributed by atoms with Gasteiger partial charge in [-0.15, -0.1) is 13.2 Å². The largest absolute Gasteiger partial charge is 0.573 e. The molecule has 0 atom stereocenters. The van der Waals surface area contributed by atoms with Crippen LogP contribution in [-0.4, -0.2) is 17.4 Å².